The van der Waals surface area contributed by atoms with Gasteiger partial charge in [-0.15, -0.1) is 0 Å². The zero-order chi connectivity index (χ0) is 19.5. The standard InChI is InChI=1S/C22H33N3O3/c1-14(26)24-6-3-5-19(24)21(28)25-7-2-4-18(25)20(27)23-22-11-15-8-16(12-22)10-17(9-15)13-22/h15-19H,2-13H2,1H3,(H,23,27)/t15?,16?,17?,18-,19+,22?/m1/s1. The maximum atomic E-state index is 13.3. The Balaban J connectivity index is 1.28. The topological polar surface area (TPSA) is 69.7 Å². The second-order valence-corrected chi connectivity index (χ2v) is 10.2. The van der Waals surface area contributed by atoms with Gasteiger partial charge in [0, 0.05) is 25.6 Å². The Labute approximate surface area is 167 Å². The first-order valence-corrected chi connectivity index (χ1v) is 11.3. The quantitative estimate of drug-likeness (QED) is 0.806. The summed E-state index contributed by atoms with van der Waals surface area (Å²) >= 11 is 0. The highest BCUT2D eigenvalue weighted by Gasteiger charge is 2.52. The minimum Gasteiger partial charge on any atom is -0.349 e. The van der Waals surface area contributed by atoms with E-state index in [4.69, 9.17) is 0 Å². The van der Waals surface area contributed by atoms with Crippen LogP contribution in [-0.4, -0.2) is 58.2 Å². The molecule has 0 spiro atoms. The Morgan fingerprint density at radius 2 is 1.36 bits per heavy atom. The van der Waals surface area contributed by atoms with Gasteiger partial charge in [0.15, 0.2) is 0 Å². The molecule has 2 atom stereocenters. The fourth-order valence-corrected chi connectivity index (χ4v) is 7.50. The van der Waals surface area contributed by atoms with Gasteiger partial charge in [-0.05, 0) is 82.0 Å². The van der Waals surface area contributed by atoms with E-state index in [2.05, 4.69) is 5.32 Å². The van der Waals surface area contributed by atoms with Gasteiger partial charge in [-0.25, -0.2) is 0 Å². The number of hydrogen-bond acceptors (Lipinski definition) is 3. The lowest BCUT2D eigenvalue weighted by atomic mass is 9.53. The number of likely N-dealkylation sites (tertiary alicyclic amines) is 2. The molecule has 0 aromatic carbocycles. The normalized spacial score (nSPS) is 41.5. The summed E-state index contributed by atoms with van der Waals surface area (Å²) in [5.41, 5.74) is -0.0120. The van der Waals surface area contributed by atoms with Gasteiger partial charge in [0.2, 0.25) is 17.7 Å². The number of carbonyl (C=O) groups is 3. The average molecular weight is 388 g/mol. The smallest absolute Gasteiger partial charge is 0.246 e. The van der Waals surface area contributed by atoms with Gasteiger partial charge >= 0.3 is 0 Å². The van der Waals surface area contributed by atoms with Crippen LogP contribution in [0.5, 0.6) is 0 Å². The van der Waals surface area contributed by atoms with Crippen molar-refractivity contribution >= 4 is 17.7 Å². The highest BCUT2D eigenvalue weighted by Crippen LogP contribution is 2.55. The summed E-state index contributed by atoms with van der Waals surface area (Å²) in [5.74, 6) is 2.36. The van der Waals surface area contributed by atoms with Gasteiger partial charge in [0.25, 0.3) is 0 Å². The van der Waals surface area contributed by atoms with E-state index >= 15 is 0 Å². The molecule has 2 aliphatic heterocycles. The van der Waals surface area contributed by atoms with Crippen LogP contribution in [0.4, 0.5) is 0 Å². The maximum absolute atomic E-state index is 13.3. The molecule has 3 amide bonds. The molecule has 154 valence electrons. The second kappa shape index (κ2) is 6.74. The summed E-state index contributed by atoms with van der Waals surface area (Å²) in [4.78, 5) is 41.8. The number of hydrogen-bond donors (Lipinski definition) is 1. The molecule has 4 aliphatic carbocycles. The minimum absolute atomic E-state index is 0.0120. The van der Waals surface area contributed by atoms with Crippen LogP contribution in [0.1, 0.15) is 71.1 Å². The van der Waals surface area contributed by atoms with E-state index in [1.54, 1.807) is 9.80 Å². The van der Waals surface area contributed by atoms with E-state index in [1.165, 1.54) is 26.2 Å². The fourth-order valence-electron chi connectivity index (χ4n) is 7.50. The minimum atomic E-state index is -0.370. The third-order valence-corrected chi connectivity index (χ3v) is 8.21. The van der Waals surface area contributed by atoms with Crippen molar-refractivity contribution in [2.24, 2.45) is 17.8 Å². The van der Waals surface area contributed by atoms with Crippen LogP contribution in [0.25, 0.3) is 0 Å². The van der Waals surface area contributed by atoms with Crippen LogP contribution in [0, 0.1) is 17.8 Å². The summed E-state index contributed by atoms with van der Waals surface area (Å²) in [6.07, 6.45) is 10.7. The number of nitrogens with one attached hydrogen (secondary N) is 1. The summed E-state index contributed by atoms with van der Waals surface area (Å²) in [6.45, 7) is 2.83. The van der Waals surface area contributed by atoms with Gasteiger partial charge in [0.1, 0.15) is 12.1 Å². The van der Waals surface area contributed by atoms with Gasteiger partial charge in [-0.1, -0.05) is 0 Å². The Bertz CT molecular complexity index is 655. The van der Waals surface area contributed by atoms with Crippen LogP contribution in [0.2, 0.25) is 0 Å². The first-order chi connectivity index (χ1) is 13.4. The third-order valence-electron chi connectivity index (χ3n) is 8.21. The van der Waals surface area contributed by atoms with Crippen molar-refractivity contribution < 1.29 is 14.4 Å². The predicted molar refractivity (Wildman–Crippen MR) is 104 cm³/mol. The zero-order valence-corrected chi connectivity index (χ0v) is 17.0. The molecule has 0 aromatic heterocycles. The molecule has 0 unspecified atom stereocenters. The summed E-state index contributed by atoms with van der Waals surface area (Å²) in [7, 11) is 0. The van der Waals surface area contributed by atoms with Crippen molar-refractivity contribution in [3.05, 3.63) is 0 Å². The molecular formula is C22H33N3O3. The lowest BCUT2D eigenvalue weighted by Gasteiger charge is -2.57. The van der Waals surface area contributed by atoms with Crippen LogP contribution in [0.3, 0.4) is 0 Å². The van der Waals surface area contributed by atoms with E-state index in [0.29, 0.717) is 13.1 Å². The second-order valence-electron chi connectivity index (χ2n) is 10.2. The van der Waals surface area contributed by atoms with Crippen LogP contribution in [0.15, 0.2) is 0 Å². The third kappa shape index (κ3) is 3.03. The Morgan fingerprint density at radius 1 is 0.821 bits per heavy atom. The molecule has 2 heterocycles. The SMILES string of the molecule is CC(=O)N1CCC[C@H]1C(=O)N1CCC[C@@H]1C(=O)NC12CC3CC(CC(C3)C1)C2. The zero-order valence-electron chi connectivity index (χ0n) is 17.0. The van der Waals surface area contributed by atoms with Crippen molar-refractivity contribution in [3.63, 3.8) is 0 Å². The molecule has 6 heteroatoms. The molecule has 4 bridgehead atoms. The van der Waals surface area contributed by atoms with Crippen molar-refractivity contribution in [2.45, 2.75) is 88.8 Å². The van der Waals surface area contributed by atoms with E-state index in [0.717, 1.165) is 62.7 Å². The Hall–Kier alpha value is -1.59. The largest absolute Gasteiger partial charge is 0.349 e. The van der Waals surface area contributed by atoms with Gasteiger partial charge in [0.05, 0.1) is 0 Å². The van der Waals surface area contributed by atoms with E-state index in [1.807, 2.05) is 0 Å². The summed E-state index contributed by atoms with van der Waals surface area (Å²) < 4.78 is 0. The predicted octanol–water partition coefficient (Wildman–Crippen LogP) is 2.07. The summed E-state index contributed by atoms with van der Waals surface area (Å²) in [6, 6.07) is -0.722. The molecule has 6 rings (SSSR count). The lowest BCUT2D eigenvalue weighted by molar-refractivity contribution is -0.147. The molecule has 6 nitrogen and oxygen atoms in total. The fraction of sp³-hybridized carbons (Fsp3) is 0.864. The van der Waals surface area contributed by atoms with Crippen LogP contribution in [-0.2, 0) is 14.4 Å². The molecule has 28 heavy (non-hydrogen) atoms. The van der Waals surface area contributed by atoms with Crippen LogP contribution < -0.4 is 5.32 Å². The number of carbonyl (C=O) groups excluding carboxylic acids is 3. The van der Waals surface area contributed by atoms with Gasteiger partial charge < -0.3 is 15.1 Å². The Morgan fingerprint density at radius 3 is 1.93 bits per heavy atom. The van der Waals surface area contributed by atoms with Crippen molar-refractivity contribution in [1.29, 1.82) is 0 Å². The number of rotatable bonds is 3. The number of amides is 3. The van der Waals surface area contributed by atoms with Gasteiger partial charge in [-0.3, -0.25) is 14.4 Å². The molecule has 0 aromatic rings. The van der Waals surface area contributed by atoms with E-state index in [-0.39, 0.29) is 35.3 Å². The molecule has 1 N–H and O–H groups in total. The van der Waals surface area contributed by atoms with Crippen molar-refractivity contribution in [1.82, 2.24) is 15.1 Å². The molecule has 4 saturated carbocycles. The van der Waals surface area contributed by atoms with E-state index in [9.17, 15) is 14.4 Å². The molecule has 6 fully saturated rings. The molecular weight excluding hydrogens is 354 g/mol. The highest BCUT2D eigenvalue weighted by atomic mass is 16.2. The molecule has 6 aliphatic rings. The monoisotopic (exact) mass is 387 g/mol. The first kappa shape index (κ1) is 18.4. The Kier molecular flexibility index (Phi) is 4.44. The van der Waals surface area contributed by atoms with Crippen LogP contribution >= 0.6 is 0 Å². The maximum Gasteiger partial charge on any atom is 0.246 e. The molecule has 2 saturated heterocycles. The van der Waals surface area contributed by atoms with Crippen molar-refractivity contribution in [2.75, 3.05) is 13.1 Å². The van der Waals surface area contributed by atoms with Crippen molar-refractivity contribution in [3.8, 4) is 0 Å². The first-order valence-electron chi connectivity index (χ1n) is 11.3. The molecule has 0 radical (unpaired) electrons. The number of nitrogens with zero attached hydrogens (tertiary/aromatic N) is 2. The lowest BCUT2D eigenvalue weighted by Crippen LogP contribution is -2.63. The highest BCUT2D eigenvalue weighted by molar-refractivity contribution is 5.92. The average Bonchev–Trinajstić information content (AvgIpc) is 3.29. The summed E-state index contributed by atoms with van der Waals surface area (Å²) in [5, 5.41) is 3.46. The van der Waals surface area contributed by atoms with E-state index < -0.39 is 0 Å². The van der Waals surface area contributed by atoms with Gasteiger partial charge in [-0.2, -0.15) is 0 Å².